The smallest absolute Gasteiger partial charge is 0.380 e. The van der Waals surface area contributed by atoms with Gasteiger partial charge in [0.25, 0.3) is 5.88 Å². The molecule has 7 heteroatoms. The molecular formula is C15H19ClNO4P. The van der Waals surface area contributed by atoms with E-state index in [9.17, 15) is 4.57 Å². The maximum absolute atomic E-state index is 12.6. The first-order valence-corrected chi connectivity index (χ1v) is 9.25. The van der Waals surface area contributed by atoms with Crippen molar-refractivity contribution in [3.8, 4) is 17.2 Å². The molecule has 2 aromatic rings. The predicted octanol–water partition coefficient (Wildman–Crippen LogP) is 5.32. The highest BCUT2D eigenvalue weighted by Gasteiger charge is 2.28. The second-order valence-electron chi connectivity index (χ2n) is 4.79. The third-order valence-electron chi connectivity index (χ3n) is 3.04. The largest absolute Gasteiger partial charge is 0.402 e. The van der Waals surface area contributed by atoms with E-state index in [2.05, 4.69) is 5.16 Å². The summed E-state index contributed by atoms with van der Waals surface area (Å²) in [7, 11) is -3.20. The molecule has 0 spiro atoms. The van der Waals surface area contributed by atoms with Crippen molar-refractivity contribution >= 4 is 19.2 Å². The van der Waals surface area contributed by atoms with Gasteiger partial charge in [0.1, 0.15) is 0 Å². The van der Waals surface area contributed by atoms with Gasteiger partial charge in [0, 0.05) is 10.6 Å². The van der Waals surface area contributed by atoms with Gasteiger partial charge < -0.3 is 13.6 Å². The summed E-state index contributed by atoms with van der Waals surface area (Å²) < 4.78 is 28.7. The molecule has 0 amide bonds. The molecule has 0 radical (unpaired) electrons. The van der Waals surface area contributed by atoms with Gasteiger partial charge in [-0.3, -0.25) is 0 Å². The molecule has 22 heavy (non-hydrogen) atoms. The zero-order valence-corrected chi connectivity index (χ0v) is 14.5. The van der Waals surface area contributed by atoms with Crippen LogP contribution in [0.15, 0.2) is 28.8 Å². The van der Waals surface area contributed by atoms with Gasteiger partial charge in [-0.15, -0.1) is 0 Å². The van der Waals surface area contributed by atoms with Crippen LogP contribution in [-0.4, -0.2) is 17.9 Å². The molecular weight excluding hydrogens is 325 g/mol. The number of nitrogens with zero attached hydrogens (tertiary/aromatic N) is 1. The highest BCUT2D eigenvalue weighted by atomic mass is 35.5. The van der Waals surface area contributed by atoms with Crippen molar-refractivity contribution in [2.75, 3.05) is 12.8 Å². The standard InChI is InChI=1S/C15H19ClNO4P/c1-4-10-22(18,19-5-2)21-15-11(3)14(20-17-15)12-6-8-13(16)9-7-12/h6-9H,4-5,10H2,1-3H3. The third-order valence-corrected chi connectivity index (χ3v) is 5.39. The fourth-order valence-electron chi connectivity index (χ4n) is 2.02. The minimum absolute atomic E-state index is 0.204. The van der Waals surface area contributed by atoms with Crippen LogP contribution < -0.4 is 4.52 Å². The van der Waals surface area contributed by atoms with E-state index in [1.807, 2.05) is 19.1 Å². The van der Waals surface area contributed by atoms with Crippen LogP contribution in [-0.2, 0) is 9.09 Å². The molecule has 1 atom stereocenters. The Kier molecular flexibility index (Phi) is 5.68. The van der Waals surface area contributed by atoms with Crippen LogP contribution in [0.4, 0.5) is 0 Å². The molecule has 0 aliphatic heterocycles. The first kappa shape index (κ1) is 17.1. The zero-order valence-electron chi connectivity index (χ0n) is 12.8. The summed E-state index contributed by atoms with van der Waals surface area (Å²) in [6.07, 6.45) is 1.03. The highest BCUT2D eigenvalue weighted by Crippen LogP contribution is 2.49. The lowest BCUT2D eigenvalue weighted by Crippen LogP contribution is -2.03. The summed E-state index contributed by atoms with van der Waals surface area (Å²) in [5, 5.41) is 4.52. The number of rotatable bonds is 7. The maximum Gasteiger partial charge on any atom is 0.380 e. The van der Waals surface area contributed by atoms with Gasteiger partial charge in [-0.05, 0) is 49.7 Å². The minimum atomic E-state index is -3.20. The van der Waals surface area contributed by atoms with Crippen molar-refractivity contribution in [1.82, 2.24) is 5.16 Å². The lowest BCUT2D eigenvalue weighted by Gasteiger charge is -2.16. The van der Waals surface area contributed by atoms with E-state index < -0.39 is 7.60 Å². The molecule has 2 rings (SSSR count). The fourth-order valence-corrected chi connectivity index (χ4v) is 3.79. The topological polar surface area (TPSA) is 61.6 Å². The molecule has 1 aromatic heterocycles. The monoisotopic (exact) mass is 343 g/mol. The SMILES string of the molecule is CCCP(=O)(OCC)Oc1noc(-c2ccc(Cl)cc2)c1C. The predicted molar refractivity (Wildman–Crippen MR) is 86.7 cm³/mol. The van der Waals surface area contributed by atoms with Crippen molar-refractivity contribution in [2.24, 2.45) is 0 Å². The van der Waals surface area contributed by atoms with Gasteiger partial charge in [-0.1, -0.05) is 18.5 Å². The van der Waals surface area contributed by atoms with Gasteiger partial charge in [0.15, 0.2) is 5.76 Å². The summed E-state index contributed by atoms with van der Waals surface area (Å²) in [5.41, 5.74) is 1.50. The van der Waals surface area contributed by atoms with Crippen molar-refractivity contribution in [3.05, 3.63) is 34.9 Å². The highest BCUT2D eigenvalue weighted by molar-refractivity contribution is 7.54. The molecule has 0 saturated carbocycles. The lowest BCUT2D eigenvalue weighted by molar-refractivity contribution is 0.270. The summed E-state index contributed by atoms with van der Waals surface area (Å²) in [6.45, 7) is 5.82. The van der Waals surface area contributed by atoms with E-state index in [0.717, 1.165) is 5.56 Å². The van der Waals surface area contributed by atoms with E-state index in [0.29, 0.717) is 35.5 Å². The Morgan fingerprint density at radius 2 is 1.95 bits per heavy atom. The average Bonchev–Trinajstić information content (AvgIpc) is 2.81. The molecule has 120 valence electrons. The number of aromatic nitrogens is 1. The third kappa shape index (κ3) is 3.92. The van der Waals surface area contributed by atoms with Crippen LogP contribution in [0.5, 0.6) is 5.88 Å². The summed E-state index contributed by atoms with van der Waals surface area (Å²) >= 11 is 5.88. The molecule has 0 aliphatic rings. The number of benzene rings is 1. The molecule has 0 saturated heterocycles. The van der Waals surface area contributed by atoms with E-state index in [-0.39, 0.29) is 5.88 Å². The molecule has 1 heterocycles. The molecule has 1 aromatic carbocycles. The van der Waals surface area contributed by atoms with Gasteiger partial charge in [-0.2, -0.15) is 0 Å². The maximum atomic E-state index is 12.6. The van der Waals surface area contributed by atoms with Crippen molar-refractivity contribution in [3.63, 3.8) is 0 Å². The van der Waals surface area contributed by atoms with Crippen molar-refractivity contribution in [1.29, 1.82) is 0 Å². The first-order valence-electron chi connectivity index (χ1n) is 7.14. The second-order valence-corrected chi connectivity index (χ2v) is 7.34. The van der Waals surface area contributed by atoms with Gasteiger partial charge in [0.2, 0.25) is 0 Å². The molecule has 0 aliphatic carbocycles. The van der Waals surface area contributed by atoms with Crippen LogP contribution in [0.1, 0.15) is 25.8 Å². The van der Waals surface area contributed by atoms with E-state index >= 15 is 0 Å². The normalized spacial score (nSPS) is 13.8. The Morgan fingerprint density at radius 1 is 1.27 bits per heavy atom. The zero-order chi connectivity index (χ0) is 16.2. The fraction of sp³-hybridized carbons (Fsp3) is 0.400. The first-order chi connectivity index (χ1) is 10.5. The van der Waals surface area contributed by atoms with E-state index in [4.69, 9.17) is 25.2 Å². The van der Waals surface area contributed by atoms with E-state index in [1.54, 1.807) is 26.0 Å². The van der Waals surface area contributed by atoms with Crippen molar-refractivity contribution in [2.45, 2.75) is 27.2 Å². The van der Waals surface area contributed by atoms with Gasteiger partial charge >= 0.3 is 7.60 Å². The summed E-state index contributed by atoms with van der Waals surface area (Å²) in [5.74, 6) is 0.765. The Morgan fingerprint density at radius 3 is 2.55 bits per heavy atom. The summed E-state index contributed by atoms with van der Waals surface area (Å²) in [6, 6.07) is 7.19. The van der Waals surface area contributed by atoms with Crippen LogP contribution >= 0.6 is 19.2 Å². The number of halogens is 1. The van der Waals surface area contributed by atoms with Crippen LogP contribution in [0, 0.1) is 6.92 Å². The Balaban J connectivity index is 2.27. The van der Waals surface area contributed by atoms with Crippen molar-refractivity contribution < 1.29 is 18.1 Å². The van der Waals surface area contributed by atoms with Gasteiger partial charge in [-0.25, -0.2) is 4.57 Å². The second kappa shape index (κ2) is 7.32. The molecule has 0 fully saturated rings. The number of hydrogen-bond donors (Lipinski definition) is 0. The molecule has 0 bridgehead atoms. The quantitative estimate of drug-likeness (QED) is 0.636. The van der Waals surface area contributed by atoms with Crippen LogP contribution in [0.25, 0.3) is 11.3 Å². The number of hydrogen-bond acceptors (Lipinski definition) is 5. The van der Waals surface area contributed by atoms with Gasteiger partial charge in [0.05, 0.1) is 18.3 Å². The van der Waals surface area contributed by atoms with Crippen LogP contribution in [0.2, 0.25) is 5.02 Å². The Hall–Kier alpha value is -1.29. The minimum Gasteiger partial charge on any atom is -0.402 e. The average molecular weight is 344 g/mol. The molecule has 5 nitrogen and oxygen atoms in total. The Labute approximate surface area is 135 Å². The molecule has 1 unspecified atom stereocenters. The van der Waals surface area contributed by atoms with Crippen LogP contribution in [0.3, 0.4) is 0 Å². The Bertz CT molecular complexity index is 659. The lowest BCUT2D eigenvalue weighted by atomic mass is 10.1. The van der Waals surface area contributed by atoms with E-state index in [1.165, 1.54) is 0 Å². The molecule has 0 N–H and O–H groups in total. The summed E-state index contributed by atoms with van der Waals surface area (Å²) in [4.78, 5) is 0.